The first kappa shape index (κ1) is 37.1. The summed E-state index contributed by atoms with van der Waals surface area (Å²) in [5.41, 5.74) is 4.67. The number of hydrogen-bond donors (Lipinski definition) is 1. The van der Waals surface area contributed by atoms with Gasteiger partial charge in [-0.05, 0) is 74.1 Å². The van der Waals surface area contributed by atoms with Crippen LogP contribution in [0.1, 0.15) is 116 Å². The molecule has 0 spiro atoms. The van der Waals surface area contributed by atoms with Crippen molar-refractivity contribution >= 4 is 22.6 Å². The lowest BCUT2D eigenvalue weighted by atomic mass is 9.86. The summed E-state index contributed by atoms with van der Waals surface area (Å²) in [6, 6.07) is 14.3. The Bertz CT molecular complexity index is 1700. The average molecular weight is 680 g/mol. The van der Waals surface area contributed by atoms with Crippen LogP contribution in [-0.4, -0.2) is 51.0 Å². The van der Waals surface area contributed by atoms with Gasteiger partial charge in [0.1, 0.15) is 17.9 Å². The van der Waals surface area contributed by atoms with Gasteiger partial charge in [0.25, 0.3) is 5.91 Å². The Morgan fingerprint density at radius 1 is 0.980 bits per heavy atom. The first-order chi connectivity index (χ1) is 24.1. The van der Waals surface area contributed by atoms with Crippen LogP contribution in [0.2, 0.25) is 0 Å². The Morgan fingerprint density at radius 2 is 1.66 bits per heavy atom. The van der Waals surface area contributed by atoms with Crippen LogP contribution in [0.3, 0.4) is 0 Å². The van der Waals surface area contributed by atoms with Crippen LogP contribution >= 0.6 is 0 Å². The van der Waals surface area contributed by atoms with Crippen molar-refractivity contribution in [2.45, 2.75) is 124 Å². The number of fused-ring (bicyclic) bond motifs is 1. The second kappa shape index (κ2) is 17.2. The Morgan fingerprint density at radius 3 is 2.32 bits per heavy atom. The third-order valence-corrected chi connectivity index (χ3v) is 9.78. The number of pyridine rings is 1. The van der Waals surface area contributed by atoms with E-state index in [-0.39, 0.29) is 11.9 Å². The smallest absolute Gasteiger partial charge is 0.251 e. The van der Waals surface area contributed by atoms with Crippen LogP contribution in [0.25, 0.3) is 22.2 Å². The minimum atomic E-state index is -0.418. The molecular weight excluding hydrogens is 622 g/mol. The quantitative estimate of drug-likeness (QED) is 0.0993. The highest BCUT2D eigenvalue weighted by Crippen LogP contribution is 2.37. The number of ether oxygens (including phenoxy) is 1. The Labute approximate surface area is 299 Å². The highest BCUT2D eigenvalue weighted by atomic mass is 16.5. The molecule has 1 aliphatic heterocycles. The SMILES string of the molecule is CC(C)NC(=O)c1ccc(N2CC(CC#N)(n3cc(-c4ccnc5c4ccn5COCCCCCCCCCCCC(C)(C)C)cn3)C2)cc1. The fraction of sp³-hybridized carbons (Fsp3) is 0.561. The molecule has 1 N–H and O–H groups in total. The van der Waals surface area contributed by atoms with E-state index in [2.05, 4.69) is 58.9 Å². The van der Waals surface area contributed by atoms with Gasteiger partial charge in [-0.15, -0.1) is 0 Å². The zero-order valence-corrected chi connectivity index (χ0v) is 31.0. The summed E-state index contributed by atoms with van der Waals surface area (Å²) in [5, 5.41) is 18.5. The fourth-order valence-corrected chi connectivity index (χ4v) is 6.93. The molecule has 268 valence electrons. The number of amides is 1. The van der Waals surface area contributed by atoms with Gasteiger partial charge in [0.15, 0.2) is 0 Å². The number of nitrogens with one attached hydrogen (secondary N) is 1. The van der Waals surface area contributed by atoms with Gasteiger partial charge in [-0.2, -0.15) is 10.4 Å². The lowest BCUT2D eigenvalue weighted by molar-refractivity contribution is 0.0763. The Balaban J connectivity index is 1.09. The largest absolute Gasteiger partial charge is 0.366 e. The number of aromatic nitrogens is 4. The van der Waals surface area contributed by atoms with Gasteiger partial charge in [0.05, 0.1) is 18.7 Å². The third kappa shape index (κ3) is 9.75. The van der Waals surface area contributed by atoms with E-state index >= 15 is 0 Å². The topological polar surface area (TPSA) is 101 Å². The van der Waals surface area contributed by atoms with E-state index in [9.17, 15) is 10.1 Å². The number of nitrogens with zero attached hydrogens (tertiary/aromatic N) is 6. The molecule has 4 aromatic rings. The molecule has 3 aromatic heterocycles. The van der Waals surface area contributed by atoms with E-state index in [0.717, 1.165) is 40.9 Å². The molecule has 50 heavy (non-hydrogen) atoms. The van der Waals surface area contributed by atoms with Crippen LogP contribution in [0, 0.1) is 16.7 Å². The minimum Gasteiger partial charge on any atom is -0.366 e. The van der Waals surface area contributed by atoms with Gasteiger partial charge >= 0.3 is 0 Å². The number of benzene rings is 1. The van der Waals surface area contributed by atoms with Crippen molar-refractivity contribution in [2.24, 2.45) is 5.41 Å². The molecule has 0 atom stereocenters. The number of unbranched alkanes of at least 4 members (excludes halogenated alkanes) is 8. The maximum absolute atomic E-state index is 12.4. The number of carbonyl (C=O) groups excluding carboxylic acids is 1. The summed E-state index contributed by atoms with van der Waals surface area (Å²) in [5.74, 6) is -0.0738. The van der Waals surface area contributed by atoms with Crippen LogP contribution in [0.4, 0.5) is 5.69 Å². The lowest BCUT2D eigenvalue weighted by Crippen LogP contribution is -2.63. The zero-order chi connectivity index (χ0) is 35.6. The first-order valence-electron chi connectivity index (χ1n) is 18.7. The van der Waals surface area contributed by atoms with E-state index in [1.165, 1.54) is 57.8 Å². The molecule has 1 fully saturated rings. The van der Waals surface area contributed by atoms with Crippen LogP contribution in [0.5, 0.6) is 0 Å². The molecule has 0 radical (unpaired) electrons. The number of anilines is 1. The average Bonchev–Trinajstić information content (AvgIpc) is 3.72. The number of rotatable bonds is 19. The molecule has 1 amide bonds. The van der Waals surface area contributed by atoms with E-state index in [4.69, 9.17) is 9.84 Å². The number of hydrogen-bond acceptors (Lipinski definition) is 6. The second-order valence-electron chi connectivity index (χ2n) is 15.7. The summed E-state index contributed by atoms with van der Waals surface area (Å²) in [6.45, 7) is 13.5. The molecule has 4 heterocycles. The van der Waals surface area contributed by atoms with Crippen LogP contribution < -0.4 is 10.2 Å². The molecule has 0 bridgehead atoms. The van der Waals surface area contributed by atoms with E-state index in [1.807, 2.05) is 67.5 Å². The van der Waals surface area contributed by atoms with E-state index in [0.29, 0.717) is 37.2 Å². The van der Waals surface area contributed by atoms with Crippen LogP contribution in [-0.2, 0) is 17.0 Å². The fourth-order valence-electron chi connectivity index (χ4n) is 6.93. The second-order valence-corrected chi connectivity index (χ2v) is 15.7. The molecule has 1 saturated heterocycles. The molecule has 9 heteroatoms. The summed E-state index contributed by atoms with van der Waals surface area (Å²) in [7, 11) is 0. The van der Waals surface area contributed by atoms with Crippen molar-refractivity contribution in [2.75, 3.05) is 24.6 Å². The first-order valence-corrected chi connectivity index (χ1v) is 18.7. The zero-order valence-electron chi connectivity index (χ0n) is 31.0. The molecule has 0 unspecified atom stereocenters. The van der Waals surface area contributed by atoms with Crippen molar-refractivity contribution < 1.29 is 9.53 Å². The predicted molar refractivity (Wildman–Crippen MR) is 202 cm³/mol. The van der Waals surface area contributed by atoms with Crippen molar-refractivity contribution in [1.82, 2.24) is 24.6 Å². The molecule has 9 nitrogen and oxygen atoms in total. The summed E-state index contributed by atoms with van der Waals surface area (Å²) in [6.07, 6.45) is 21.3. The molecule has 0 aliphatic carbocycles. The van der Waals surface area contributed by atoms with Crippen LogP contribution in [0.15, 0.2) is 61.2 Å². The van der Waals surface area contributed by atoms with Gasteiger partial charge in [0, 0.05) is 66.5 Å². The highest BCUT2D eigenvalue weighted by molar-refractivity contribution is 5.95. The molecule has 1 aliphatic rings. The normalized spacial score (nSPS) is 14.2. The summed E-state index contributed by atoms with van der Waals surface area (Å²) < 4.78 is 10.1. The summed E-state index contributed by atoms with van der Waals surface area (Å²) >= 11 is 0. The standard InChI is InChI=1S/C41H57N7O2/c1-32(2)45-39(49)33-15-17-35(18-16-33)47-29-41(30-47,22-23-42)48-28-34(27-44-48)36-19-24-43-38-37(36)20-25-46(38)31-50-26-14-12-10-8-6-7-9-11-13-21-40(3,4)5/h15-20,24-25,27-28,32H,6-14,21-22,26,29-31H2,1-5H3,(H,45,49). The lowest BCUT2D eigenvalue weighted by Gasteiger charge is -2.50. The van der Waals surface area contributed by atoms with Crippen molar-refractivity contribution in [3.8, 4) is 17.2 Å². The van der Waals surface area contributed by atoms with E-state index < -0.39 is 5.54 Å². The predicted octanol–water partition coefficient (Wildman–Crippen LogP) is 9.09. The molecule has 5 rings (SSSR count). The molecule has 1 aromatic carbocycles. The summed E-state index contributed by atoms with van der Waals surface area (Å²) in [4.78, 5) is 19.3. The maximum atomic E-state index is 12.4. The minimum absolute atomic E-state index is 0.0738. The van der Waals surface area contributed by atoms with Crippen molar-refractivity contribution in [3.63, 3.8) is 0 Å². The molecule has 0 saturated carbocycles. The Hall–Kier alpha value is -4.16. The van der Waals surface area contributed by atoms with Gasteiger partial charge in [0.2, 0.25) is 0 Å². The van der Waals surface area contributed by atoms with Crippen molar-refractivity contribution in [1.29, 1.82) is 5.26 Å². The van der Waals surface area contributed by atoms with Gasteiger partial charge in [-0.1, -0.05) is 72.1 Å². The Kier molecular flexibility index (Phi) is 12.7. The van der Waals surface area contributed by atoms with Gasteiger partial charge in [-0.3, -0.25) is 9.48 Å². The third-order valence-electron chi connectivity index (χ3n) is 9.78. The van der Waals surface area contributed by atoms with Gasteiger partial charge in [-0.25, -0.2) is 4.98 Å². The van der Waals surface area contributed by atoms with E-state index in [1.54, 1.807) is 0 Å². The monoisotopic (exact) mass is 679 g/mol. The highest BCUT2D eigenvalue weighted by Gasteiger charge is 2.45. The van der Waals surface area contributed by atoms with Crippen molar-refractivity contribution in [3.05, 3.63) is 66.7 Å². The number of carbonyl (C=O) groups is 1. The maximum Gasteiger partial charge on any atom is 0.251 e. The molecular formula is C41H57N7O2. The number of nitriles is 1. The van der Waals surface area contributed by atoms with Gasteiger partial charge < -0.3 is 19.5 Å².